The van der Waals surface area contributed by atoms with Crippen LogP contribution in [0.3, 0.4) is 0 Å². The summed E-state index contributed by atoms with van der Waals surface area (Å²) in [5.74, 6) is 6.35. The predicted molar refractivity (Wildman–Crippen MR) is 72.5 cm³/mol. The molecule has 0 fully saturated rings. The highest BCUT2D eigenvalue weighted by molar-refractivity contribution is 5.32. The molecule has 0 radical (unpaired) electrons. The molecule has 1 aromatic carbocycles. The Bertz CT molecular complexity index is 348. The van der Waals surface area contributed by atoms with Crippen molar-refractivity contribution in [2.45, 2.75) is 38.1 Å². The summed E-state index contributed by atoms with van der Waals surface area (Å²) in [5.41, 5.74) is 6.01. The highest BCUT2D eigenvalue weighted by Gasteiger charge is 2.27. The van der Waals surface area contributed by atoms with Crippen LogP contribution < -0.4 is 11.3 Å². The van der Waals surface area contributed by atoms with Gasteiger partial charge in [-0.3, -0.25) is 11.3 Å². The normalized spacial score (nSPS) is 16.8. The molecule has 3 N–H and O–H groups in total. The summed E-state index contributed by atoms with van der Waals surface area (Å²) in [6, 6.07) is 9.18. The predicted octanol–water partition coefficient (Wildman–Crippen LogP) is 2.59. The standard InChI is InChI=1S/C15H22N2/c1-2-3-4-9-15(17-16)14-10-12-7-5-6-8-13(12)11-14/h2,5-8,14-15,17H,1,3-4,9-11,16H2. The van der Waals surface area contributed by atoms with Crippen LogP contribution in [0, 0.1) is 5.92 Å². The van der Waals surface area contributed by atoms with Crippen LogP contribution in [0.25, 0.3) is 0 Å². The number of benzene rings is 1. The maximum absolute atomic E-state index is 5.69. The smallest absolute Gasteiger partial charge is 0.0245 e. The minimum Gasteiger partial charge on any atom is -0.271 e. The van der Waals surface area contributed by atoms with E-state index >= 15 is 0 Å². The molecule has 0 saturated heterocycles. The minimum absolute atomic E-state index is 0.433. The number of nitrogens with one attached hydrogen (secondary N) is 1. The summed E-state index contributed by atoms with van der Waals surface area (Å²) in [4.78, 5) is 0. The Balaban J connectivity index is 1.93. The molecule has 0 saturated carbocycles. The van der Waals surface area contributed by atoms with Gasteiger partial charge in [0.2, 0.25) is 0 Å². The molecule has 2 nitrogen and oxygen atoms in total. The summed E-state index contributed by atoms with van der Waals surface area (Å²) in [5, 5.41) is 0. The van der Waals surface area contributed by atoms with Gasteiger partial charge in [0.1, 0.15) is 0 Å². The van der Waals surface area contributed by atoms with Crippen LogP contribution in [0.4, 0.5) is 0 Å². The van der Waals surface area contributed by atoms with E-state index in [0.717, 1.165) is 12.8 Å². The zero-order valence-corrected chi connectivity index (χ0v) is 10.4. The molecule has 0 spiro atoms. The number of allylic oxidation sites excluding steroid dienone is 1. The molecule has 1 atom stereocenters. The van der Waals surface area contributed by atoms with Crippen molar-refractivity contribution in [1.82, 2.24) is 5.43 Å². The fourth-order valence-electron chi connectivity index (χ4n) is 2.81. The van der Waals surface area contributed by atoms with Crippen LogP contribution in [0.15, 0.2) is 36.9 Å². The molecule has 2 rings (SSSR count). The highest BCUT2D eigenvalue weighted by atomic mass is 15.2. The van der Waals surface area contributed by atoms with Crippen molar-refractivity contribution in [3.63, 3.8) is 0 Å². The average molecular weight is 230 g/mol. The lowest BCUT2D eigenvalue weighted by Gasteiger charge is -2.22. The van der Waals surface area contributed by atoms with Crippen molar-refractivity contribution >= 4 is 0 Å². The Hall–Kier alpha value is -1.12. The van der Waals surface area contributed by atoms with Gasteiger partial charge in [0.15, 0.2) is 0 Å². The number of unbranched alkanes of at least 4 members (excludes halogenated alkanes) is 1. The lowest BCUT2D eigenvalue weighted by atomic mass is 9.93. The molecule has 1 aromatic rings. The number of nitrogens with two attached hydrogens (primary N) is 1. The zero-order chi connectivity index (χ0) is 12.1. The maximum Gasteiger partial charge on any atom is 0.0245 e. The Morgan fingerprint density at radius 2 is 2.00 bits per heavy atom. The van der Waals surface area contributed by atoms with Gasteiger partial charge in [-0.15, -0.1) is 6.58 Å². The molecule has 0 amide bonds. The largest absolute Gasteiger partial charge is 0.271 e. The van der Waals surface area contributed by atoms with E-state index in [4.69, 9.17) is 5.84 Å². The third-order valence-electron chi connectivity index (χ3n) is 3.79. The zero-order valence-electron chi connectivity index (χ0n) is 10.4. The van der Waals surface area contributed by atoms with Gasteiger partial charge in [0.25, 0.3) is 0 Å². The van der Waals surface area contributed by atoms with Crippen molar-refractivity contribution in [1.29, 1.82) is 0 Å². The van der Waals surface area contributed by atoms with Gasteiger partial charge in [-0.05, 0) is 49.1 Å². The van der Waals surface area contributed by atoms with E-state index < -0.39 is 0 Å². The fourth-order valence-corrected chi connectivity index (χ4v) is 2.81. The average Bonchev–Trinajstić information content (AvgIpc) is 2.78. The molecule has 1 unspecified atom stereocenters. The minimum atomic E-state index is 0.433. The molecular weight excluding hydrogens is 208 g/mol. The number of hydrogen-bond donors (Lipinski definition) is 2. The van der Waals surface area contributed by atoms with E-state index in [1.165, 1.54) is 30.4 Å². The first kappa shape index (κ1) is 12.3. The van der Waals surface area contributed by atoms with Crippen LogP contribution in [-0.2, 0) is 12.8 Å². The van der Waals surface area contributed by atoms with Crippen LogP contribution in [0.2, 0.25) is 0 Å². The molecule has 2 heteroatoms. The first-order valence-corrected chi connectivity index (χ1v) is 6.49. The summed E-state index contributed by atoms with van der Waals surface area (Å²) in [7, 11) is 0. The van der Waals surface area contributed by atoms with E-state index in [2.05, 4.69) is 36.3 Å². The Morgan fingerprint density at radius 3 is 2.53 bits per heavy atom. The van der Waals surface area contributed by atoms with Crippen molar-refractivity contribution < 1.29 is 0 Å². The molecule has 0 heterocycles. The van der Waals surface area contributed by atoms with Crippen LogP contribution in [0.5, 0.6) is 0 Å². The summed E-state index contributed by atoms with van der Waals surface area (Å²) in [6.07, 6.45) is 7.71. The van der Waals surface area contributed by atoms with Gasteiger partial charge < -0.3 is 0 Å². The molecule has 1 aliphatic rings. The van der Waals surface area contributed by atoms with Gasteiger partial charge >= 0.3 is 0 Å². The summed E-state index contributed by atoms with van der Waals surface area (Å²) >= 11 is 0. The summed E-state index contributed by atoms with van der Waals surface area (Å²) in [6.45, 7) is 3.76. The second-order valence-corrected chi connectivity index (χ2v) is 4.93. The molecule has 0 bridgehead atoms. The summed E-state index contributed by atoms with van der Waals surface area (Å²) < 4.78 is 0. The third-order valence-corrected chi connectivity index (χ3v) is 3.79. The second kappa shape index (κ2) is 5.99. The van der Waals surface area contributed by atoms with Crippen LogP contribution in [0.1, 0.15) is 30.4 Å². The van der Waals surface area contributed by atoms with Crippen molar-refractivity contribution in [2.75, 3.05) is 0 Å². The van der Waals surface area contributed by atoms with Gasteiger partial charge in [0, 0.05) is 6.04 Å². The molecule has 0 aliphatic heterocycles. The van der Waals surface area contributed by atoms with Crippen LogP contribution >= 0.6 is 0 Å². The number of hydrogen-bond acceptors (Lipinski definition) is 2. The molecule has 1 aliphatic carbocycles. The molecule has 17 heavy (non-hydrogen) atoms. The van der Waals surface area contributed by atoms with E-state index in [9.17, 15) is 0 Å². The van der Waals surface area contributed by atoms with Crippen molar-refractivity contribution in [3.8, 4) is 0 Å². The van der Waals surface area contributed by atoms with E-state index in [-0.39, 0.29) is 0 Å². The second-order valence-electron chi connectivity index (χ2n) is 4.93. The molecular formula is C15H22N2. The monoisotopic (exact) mass is 230 g/mol. The maximum atomic E-state index is 5.69. The fraction of sp³-hybridized carbons (Fsp3) is 0.467. The Labute approximate surface area is 104 Å². The Kier molecular flexibility index (Phi) is 4.35. The van der Waals surface area contributed by atoms with Crippen molar-refractivity contribution in [3.05, 3.63) is 48.0 Å². The topological polar surface area (TPSA) is 38.0 Å². The lowest BCUT2D eigenvalue weighted by molar-refractivity contribution is 0.344. The van der Waals surface area contributed by atoms with Gasteiger partial charge in [0.05, 0.1) is 0 Å². The van der Waals surface area contributed by atoms with E-state index in [1.807, 2.05) is 6.08 Å². The lowest BCUT2D eigenvalue weighted by Crippen LogP contribution is -2.41. The van der Waals surface area contributed by atoms with Crippen LogP contribution in [-0.4, -0.2) is 6.04 Å². The number of hydrazine groups is 1. The van der Waals surface area contributed by atoms with E-state index in [0.29, 0.717) is 12.0 Å². The first-order chi connectivity index (χ1) is 8.35. The first-order valence-electron chi connectivity index (χ1n) is 6.49. The molecule has 0 aromatic heterocycles. The molecule has 92 valence electrons. The Morgan fingerprint density at radius 1 is 1.35 bits per heavy atom. The van der Waals surface area contributed by atoms with Crippen molar-refractivity contribution in [2.24, 2.45) is 11.8 Å². The number of rotatable bonds is 6. The highest BCUT2D eigenvalue weighted by Crippen LogP contribution is 2.29. The van der Waals surface area contributed by atoms with E-state index in [1.54, 1.807) is 0 Å². The third kappa shape index (κ3) is 2.96. The SMILES string of the molecule is C=CCCCC(NN)C1Cc2ccccc2C1. The van der Waals surface area contributed by atoms with Gasteiger partial charge in [-0.1, -0.05) is 30.3 Å². The van der Waals surface area contributed by atoms with Gasteiger partial charge in [-0.25, -0.2) is 0 Å². The quantitative estimate of drug-likeness (QED) is 0.341. The van der Waals surface area contributed by atoms with Gasteiger partial charge in [-0.2, -0.15) is 0 Å². The number of fused-ring (bicyclic) bond motifs is 1.